The molecule has 0 amide bonds. The number of benzene rings is 2. The number of hydrogen-bond donors (Lipinski definition) is 1. The molecule has 2 rings (SSSR count). The van der Waals surface area contributed by atoms with E-state index >= 15 is 0 Å². The van der Waals surface area contributed by atoms with Gasteiger partial charge in [-0.05, 0) is 35.9 Å². The average Bonchev–Trinajstić information content (AvgIpc) is 2.46. The summed E-state index contributed by atoms with van der Waals surface area (Å²) in [6.45, 7) is 0.381. The zero-order valence-electron chi connectivity index (χ0n) is 11.4. The Morgan fingerprint density at radius 2 is 1.65 bits per heavy atom. The molecule has 0 aliphatic rings. The molecule has 4 nitrogen and oxygen atoms in total. The molecular weight excluding hydrogens is 278 g/mol. The van der Waals surface area contributed by atoms with Crippen LogP contribution in [0.3, 0.4) is 0 Å². The third kappa shape index (κ3) is 3.27. The Balaban J connectivity index is 2.10. The van der Waals surface area contributed by atoms with Crippen molar-refractivity contribution in [3.8, 4) is 17.2 Å². The van der Waals surface area contributed by atoms with Gasteiger partial charge in [0.2, 0.25) is 0 Å². The van der Waals surface area contributed by atoms with Crippen LogP contribution >= 0.6 is 11.6 Å². The number of methoxy groups -OCH3 is 2. The number of nitrogen functional groups attached to an aromatic ring is 1. The molecule has 0 spiro atoms. The van der Waals surface area contributed by atoms with Crippen molar-refractivity contribution >= 4 is 17.3 Å². The zero-order chi connectivity index (χ0) is 14.5. The molecule has 0 aliphatic carbocycles. The number of nitrogens with two attached hydrogens (primary N) is 1. The minimum atomic E-state index is 0.381. The lowest BCUT2D eigenvalue weighted by atomic mass is 10.2. The quantitative estimate of drug-likeness (QED) is 0.857. The zero-order valence-corrected chi connectivity index (χ0v) is 12.1. The molecule has 0 saturated carbocycles. The molecular formula is C15H16ClNO3. The van der Waals surface area contributed by atoms with Gasteiger partial charge in [0.1, 0.15) is 12.4 Å². The second-order valence-electron chi connectivity index (χ2n) is 4.16. The molecule has 5 heteroatoms. The Hall–Kier alpha value is -2.07. The van der Waals surface area contributed by atoms with E-state index in [4.69, 9.17) is 31.5 Å². The largest absolute Gasteiger partial charge is 0.493 e. The van der Waals surface area contributed by atoms with Crippen molar-refractivity contribution in [2.45, 2.75) is 6.61 Å². The first-order valence-electron chi connectivity index (χ1n) is 6.02. The van der Waals surface area contributed by atoms with Crippen molar-refractivity contribution in [2.24, 2.45) is 0 Å². The van der Waals surface area contributed by atoms with Gasteiger partial charge in [-0.3, -0.25) is 0 Å². The van der Waals surface area contributed by atoms with Crippen LogP contribution in [0.2, 0.25) is 5.02 Å². The van der Waals surface area contributed by atoms with Gasteiger partial charge in [0, 0.05) is 5.02 Å². The smallest absolute Gasteiger partial charge is 0.161 e. The second kappa shape index (κ2) is 6.39. The summed E-state index contributed by atoms with van der Waals surface area (Å²) in [6, 6.07) is 10.8. The fourth-order valence-electron chi connectivity index (χ4n) is 1.78. The molecule has 0 unspecified atom stereocenters. The normalized spacial score (nSPS) is 10.2. The van der Waals surface area contributed by atoms with E-state index in [0.717, 1.165) is 5.56 Å². The molecule has 0 fully saturated rings. The van der Waals surface area contributed by atoms with E-state index < -0.39 is 0 Å². The fourth-order valence-corrected chi connectivity index (χ4v) is 1.96. The molecule has 0 atom stereocenters. The van der Waals surface area contributed by atoms with Crippen LogP contribution in [0.1, 0.15) is 5.56 Å². The maximum absolute atomic E-state index is 5.84. The maximum atomic E-state index is 5.84. The second-order valence-corrected chi connectivity index (χ2v) is 4.60. The highest BCUT2D eigenvalue weighted by molar-refractivity contribution is 6.30. The van der Waals surface area contributed by atoms with Gasteiger partial charge in [-0.1, -0.05) is 17.7 Å². The number of ether oxygens (including phenoxy) is 3. The minimum absolute atomic E-state index is 0.381. The molecule has 106 valence electrons. The third-order valence-electron chi connectivity index (χ3n) is 2.81. The number of anilines is 1. The lowest BCUT2D eigenvalue weighted by molar-refractivity contribution is 0.305. The van der Waals surface area contributed by atoms with E-state index in [1.807, 2.05) is 18.2 Å². The fraction of sp³-hybridized carbons (Fsp3) is 0.200. The summed E-state index contributed by atoms with van der Waals surface area (Å²) in [5.41, 5.74) is 7.30. The summed E-state index contributed by atoms with van der Waals surface area (Å²) in [5.74, 6) is 1.95. The number of rotatable bonds is 5. The van der Waals surface area contributed by atoms with Gasteiger partial charge >= 0.3 is 0 Å². The molecule has 2 N–H and O–H groups in total. The van der Waals surface area contributed by atoms with Gasteiger partial charge in [-0.2, -0.15) is 0 Å². The Labute approximate surface area is 123 Å². The van der Waals surface area contributed by atoms with Gasteiger partial charge < -0.3 is 19.9 Å². The Morgan fingerprint density at radius 3 is 2.30 bits per heavy atom. The topological polar surface area (TPSA) is 53.7 Å². The SMILES string of the molecule is COc1ccc(COc2ccc(Cl)cc2N)cc1OC. The van der Waals surface area contributed by atoms with Crippen LogP contribution in [-0.2, 0) is 6.61 Å². The third-order valence-corrected chi connectivity index (χ3v) is 3.05. The average molecular weight is 294 g/mol. The van der Waals surface area contributed by atoms with Gasteiger partial charge in [-0.25, -0.2) is 0 Å². The molecule has 0 radical (unpaired) electrons. The first-order chi connectivity index (χ1) is 9.63. The summed E-state index contributed by atoms with van der Waals surface area (Å²) < 4.78 is 16.1. The van der Waals surface area contributed by atoms with E-state index in [-0.39, 0.29) is 0 Å². The van der Waals surface area contributed by atoms with Gasteiger partial charge in [0.25, 0.3) is 0 Å². The molecule has 0 aromatic heterocycles. The van der Waals surface area contributed by atoms with Crippen LogP contribution in [0.15, 0.2) is 36.4 Å². The Kier molecular flexibility index (Phi) is 4.58. The van der Waals surface area contributed by atoms with Crippen molar-refractivity contribution in [1.29, 1.82) is 0 Å². The van der Waals surface area contributed by atoms with Crippen molar-refractivity contribution < 1.29 is 14.2 Å². The molecule has 20 heavy (non-hydrogen) atoms. The van der Waals surface area contributed by atoms with Crippen LogP contribution in [0, 0.1) is 0 Å². The summed E-state index contributed by atoms with van der Waals surface area (Å²) in [5, 5.41) is 0.584. The molecule has 0 aliphatic heterocycles. The molecule has 0 heterocycles. The molecule has 0 saturated heterocycles. The van der Waals surface area contributed by atoms with Gasteiger partial charge in [0.05, 0.1) is 19.9 Å². The van der Waals surface area contributed by atoms with Crippen LogP contribution in [-0.4, -0.2) is 14.2 Å². The van der Waals surface area contributed by atoms with Crippen molar-refractivity contribution in [1.82, 2.24) is 0 Å². The van der Waals surface area contributed by atoms with Crippen LogP contribution in [0.25, 0.3) is 0 Å². The maximum Gasteiger partial charge on any atom is 0.161 e. The highest BCUT2D eigenvalue weighted by atomic mass is 35.5. The molecule has 2 aromatic carbocycles. The van der Waals surface area contributed by atoms with E-state index in [2.05, 4.69) is 0 Å². The lowest BCUT2D eigenvalue weighted by Crippen LogP contribution is -2.00. The Morgan fingerprint density at radius 1 is 0.950 bits per heavy atom. The molecule has 0 bridgehead atoms. The first-order valence-corrected chi connectivity index (χ1v) is 6.40. The van der Waals surface area contributed by atoms with E-state index in [0.29, 0.717) is 34.6 Å². The van der Waals surface area contributed by atoms with Crippen LogP contribution in [0.4, 0.5) is 5.69 Å². The van der Waals surface area contributed by atoms with Crippen LogP contribution in [0.5, 0.6) is 17.2 Å². The van der Waals surface area contributed by atoms with E-state index in [9.17, 15) is 0 Å². The minimum Gasteiger partial charge on any atom is -0.493 e. The summed E-state index contributed by atoms with van der Waals surface area (Å²) in [7, 11) is 3.20. The first kappa shape index (κ1) is 14.3. The highest BCUT2D eigenvalue weighted by Crippen LogP contribution is 2.29. The van der Waals surface area contributed by atoms with E-state index in [1.165, 1.54) is 0 Å². The van der Waals surface area contributed by atoms with Crippen LogP contribution < -0.4 is 19.9 Å². The van der Waals surface area contributed by atoms with Gasteiger partial charge in [-0.15, -0.1) is 0 Å². The molecule has 2 aromatic rings. The lowest BCUT2D eigenvalue weighted by Gasteiger charge is -2.12. The van der Waals surface area contributed by atoms with Crippen molar-refractivity contribution in [3.05, 3.63) is 47.0 Å². The predicted molar refractivity (Wildman–Crippen MR) is 79.7 cm³/mol. The summed E-state index contributed by atoms with van der Waals surface area (Å²) in [4.78, 5) is 0. The van der Waals surface area contributed by atoms with Crippen molar-refractivity contribution in [2.75, 3.05) is 20.0 Å². The Bertz CT molecular complexity index is 602. The summed E-state index contributed by atoms with van der Waals surface area (Å²) in [6.07, 6.45) is 0. The summed E-state index contributed by atoms with van der Waals surface area (Å²) >= 11 is 5.84. The number of hydrogen-bond acceptors (Lipinski definition) is 4. The van der Waals surface area contributed by atoms with E-state index in [1.54, 1.807) is 32.4 Å². The standard InChI is InChI=1S/C15H16ClNO3/c1-18-14-5-3-10(7-15(14)19-2)9-20-13-6-4-11(16)8-12(13)17/h3-8H,9,17H2,1-2H3. The highest BCUT2D eigenvalue weighted by Gasteiger charge is 2.06. The monoisotopic (exact) mass is 293 g/mol. The van der Waals surface area contributed by atoms with Gasteiger partial charge in [0.15, 0.2) is 11.5 Å². The number of halogens is 1. The predicted octanol–water partition coefficient (Wildman–Crippen LogP) is 3.52. The van der Waals surface area contributed by atoms with Crippen molar-refractivity contribution in [3.63, 3.8) is 0 Å².